The monoisotopic (exact) mass is 240 g/mol. The van der Waals surface area contributed by atoms with E-state index < -0.39 is 0 Å². The Morgan fingerprint density at radius 1 is 1.18 bits per heavy atom. The fraction of sp³-hybridized carbons (Fsp3) is 1.00. The zero-order valence-electron chi connectivity index (χ0n) is 12.5. The van der Waals surface area contributed by atoms with Gasteiger partial charge in [-0.1, -0.05) is 34.6 Å². The SMILES string of the molecule is CCN1CC(NCCC(C)C)CC(C(C)C)C1. The maximum Gasteiger partial charge on any atom is 0.0198 e. The van der Waals surface area contributed by atoms with Crippen LogP contribution in [0.4, 0.5) is 0 Å². The molecule has 1 rings (SSSR count). The van der Waals surface area contributed by atoms with E-state index in [1.165, 1.54) is 39.0 Å². The third kappa shape index (κ3) is 5.39. The summed E-state index contributed by atoms with van der Waals surface area (Å²) in [7, 11) is 0. The number of hydrogen-bond donors (Lipinski definition) is 1. The lowest BCUT2D eigenvalue weighted by atomic mass is 9.85. The van der Waals surface area contributed by atoms with E-state index in [-0.39, 0.29) is 0 Å². The molecule has 1 aliphatic heterocycles. The Kier molecular flexibility index (Phi) is 6.50. The molecule has 0 amide bonds. The molecule has 0 aromatic rings. The summed E-state index contributed by atoms with van der Waals surface area (Å²) in [6.07, 6.45) is 2.67. The number of piperidine rings is 1. The van der Waals surface area contributed by atoms with Gasteiger partial charge < -0.3 is 10.2 Å². The van der Waals surface area contributed by atoms with Gasteiger partial charge in [-0.3, -0.25) is 0 Å². The van der Waals surface area contributed by atoms with Crippen molar-refractivity contribution in [3.8, 4) is 0 Å². The molecular formula is C15H32N2. The maximum atomic E-state index is 3.76. The molecule has 1 heterocycles. The molecule has 0 radical (unpaired) electrons. The molecule has 1 N–H and O–H groups in total. The summed E-state index contributed by atoms with van der Waals surface area (Å²) in [5, 5.41) is 3.76. The van der Waals surface area contributed by atoms with Crippen molar-refractivity contribution in [1.82, 2.24) is 10.2 Å². The lowest BCUT2D eigenvalue weighted by Crippen LogP contribution is -2.50. The van der Waals surface area contributed by atoms with Crippen molar-refractivity contribution in [2.24, 2.45) is 17.8 Å². The minimum Gasteiger partial charge on any atom is -0.313 e. The minimum atomic E-state index is 0.717. The van der Waals surface area contributed by atoms with Crippen molar-refractivity contribution in [2.45, 2.75) is 53.5 Å². The van der Waals surface area contributed by atoms with Crippen LogP contribution in [0.15, 0.2) is 0 Å². The molecule has 2 unspecified atom stereocenters. The van der Waals surface area contributed by atoms with Gasteiger partial charge in [-0.2, -0.15) is 0 Å². The smallest absolute Gasteiger partial charge is 0.0198 e. The molecule has 102 valence electrons. The molecular weight excluding hydrogens is 208 g/mol. The number of likely N-dealkylation sites (N-methyl/N-ethyl adjacent to an activating group) is 1. The fourth-order valence-corrected chi connectivity index (χ4v) is 2.70. The van der Waals surface area contributed by atoms with Crippen LogP contribution in [0, 0.1) is 17.8 Å². The van der Waals surface area contributed by atoms with Crippen molar-refractivity contribution < 1.29 is 0 Å². The predicted octanol–water partition coefficient (Wildman–Crippen LogP) is 2.99. The molecule has 1 fully saturated rings. The Labute approximate surface area is 108 Å². The van der Waals surface area contributed by atoms with E-state index >= 15 is 0 Å². The van der Waals surface area contributed by atoms with Crippen molar-refractivity contribution in [1.29, 1.82) is 0 Å². The van der Waals surface area contributed by atoms with E-state index in [2.05, 4.69) is 44.8 Å². The molecule has 0 aromatic carbocycles. The third-order valence-corrected chi connectivity index (χ3v) is 4.10. The Hall–Kier alpha value is -0.0800. The summed E-state index contributed by atoms with van der Waals surface area (Å²) in [5.41, 5.74) is 0. The Bertz CT molecular complexity index is 201. The first-order chi connectivity index (χ1) is 8.02. The van der Waals surface area contributed by atoms with Crippen LogP contribution in [-0.4, -0.2) is 37.1 Å². The second kappa shape index (κ2) is 7.38. The molecule has 0 aliphatic carbocycles. The average Bonchev–Trinajstić information content (AvgIpc) is 2.28. The summed E-state index contributed by atoms with van der Waals surface area (Å²) in [6.45, 7) is 16.6. The quantitative estimate of drug-likeness (QED) is 0.768. The summed E-state index contributed by atoms with van der Waals surface area (Å²) < 4.78 is 0. The lowest BCUT2D eigenvalue weighted by molar-refractivity contribution is 0.120. The third-order valence-electron chi connectivity index (χ3n) is 4.10. The van der Waals surface area contributed by atoms with E-state index in [4.69, 9.17) is 0 Å². The Morgan fingerprint density at radius 3 is 2.41 bits per heavy atom. The highest BCUT2D eigenvalue weighted by atomic mass is 15.2. The number of hydrogen-bond acceptors (Lipinski definition) is 2. The first-order valence-electron chi connectivity index (χ1n) is 7.48. The minimum absolute atomic E-state index is 0.717. The summed E-state index contributed by atoms with van der Waals surface area (Å²) >= 11 is 0. The topological polar surface area (TPSA) is 15.3 Å². The number of nitrogens with zero attached hydrogens (tertiary/aromatic N) is 1. The Balaban J connectivity index is 2.37. The molecule has 0 aromatic heterocycles. The van der Waals surface area contributed by atoms with Crippen molar-refractivity contribution >= 4 is 0 Å². The van der Waals surface area contributed by atoms with Crippen molar-refractivity contribution in [3.63, 3.8) is 0 Å². The molecule has 0 saturated carbocycles. The predicted molar refractivity (Wildman–Crippen MR) is 76.3 cm³/mol. The van der Waals surface area contributed by atoms with E-state index in [9.17, 15) is 0 Å². The zero-order valence-corrected chi connectivity index (χ0v) is 12.5. The van der Waals surface area contributed by atoms with Crippen molar-refractivity contribution in [2.75, 3.05) is 26.2 Å². The van der Waals surface area contributed by atoms with Gasteiger partial charge >= 0.3 is 0 Å². The molecule has 0 bridgehead atoms. The lowest BCUT2D eigenvalue weighted by Gasteiger charge is -2.39. The molecule has 0 spiro atoms. The normalized spacial score (nSPS) is 27.0. The van der Waals surface area contributed by atoms with Crippen LogP contribution in [0.5, 0.6) is 0 Å². The number of rotatable bonds is 6. The molecule has 17 heavy (non-hydrogen) atoms. The number of likely N-dealkylation sites (tertiary alicyclic amines) is 1. The summed E-state index contributed by atoms with van der Waals surface area (Å²) in [5.74, 6) is 2.51. The van der Waals surface area contributed by atoms with Gasteiger partial charge in [-0.25, -0.2) is 0 Å². The first-order valence-corrected chi connectivity index (χ1v) is 7.48. The average molecular weight is 240 g/mol. The van der Waals surface area contributed by atoms with Gasteiger partial charge in [0.2, 0.25) is 0 Å². The van der Waals surface area contributed by atoms with E-state index in [0.717, 1.165) is 23.8 Å². The summed E-state index contributed by atoms with van der Waals surface area (Å²) in [4.78, 5) is 2.61. The molecule has 2 atom stereocenters. The van der Waals surface area contributed by atoms with E-state index in [1.807, 2.05) is 0 Å². The summed E-state index contributed by atoms with van der Waals surface area (Å²) in [6, 6.07) is 0.717. The fourth-order valence-electron chi connectivity index (χ4n) is 2.70. The van der Waals surface area contributed by atoms with Gasteiger partial charge in [0.05, 0.1) is 0 Å². The van der Waals surface area contributed by atoms with Crippen LogP contribution in [0.3, 0.4) is 0 Å². The van der Waals surface area contributed by atoms with Gasteiger partial charge in [-0.15, -0.1) is 0 Å². The zero-order chi connectivity index (χ0) is 12.8. The standard InChI is InChI=1S/C15H32N2/c1-6-17-10-14(13(4)5)9-15(11-17)16-8-7-12(2)3/h12-16H,6-11H2,1-5H3. The molecule has 1 saturated heterocycles. The molecule has 2 heteroatoms. The number of nitrogens with one attached hydrogen (secondary N) is 1. The van der Waals surface area contributed by atoms with Crippen LogP contribution in [0.1, 0.15) is 47.5 Å². The van der Waals surface area contributed by atoms with Gasteiger partial charge in [0.1, 0.15) is 0 Å². The van der Waals surface area contributed by atoms with Gasteiger partial charge in [-0.05, 0) is 43.7 Å². The van der Waals surface area contributed by atoms with Crippen LogP contribution in [0.25, 0.3) is 0 Å². The highest BCUT2D eigenvalue weighted by molar-refractivity contribution is 4.84. The molecule has 1 aliphatic rings. The second-order valence-corrected chi connectivity index (χ2v) is 6.43. The van der Waals surface area contributed by atoms with Crippen molar-refractivity contribution in [3.05, 3.63) is 0 Å². The maximum absolute atomic E-state index is 3.76. The van der Waals surface area contributed by atoms with Crippen LogP contribution < -0.4 is 5.32 Å². The largest absolute Gasteiger partial charge is 0.313 e. The molecule has 2 nitrogen and oxygen atoms in total. The van der Waals surface area contributed by atoms with Crippen LogP contribution in [0.2, 0.25) is 0 Å². The van der Waals surface area contributed by atoms with Gasteiger partial charge in [0, 0.05) is 19.1 Å². The van der Waals surface area contributed by atoms with E-state index in [0.29, 0.717) is 0 Å². The Morgan fingerprint density at radius 2 is 1.88 bits per heavy atom. The van der Waals surface area contributed by atoms with Crippen LogP contribution >= 0.6 is 0 Å². The second-order valence-electron chi connectivity index (χ2n) is 6.43. The van der Waals surface area contributed by atoms with Gasteiger partial charge in [0.15, 0.2) is 0 Å². The first kappa shape index (κ1) is 15.0. The highest BCUT2D eigenvalue weighted by Crippen LogP contribution is 2.23. The van der Waals surface area contributed by atoms with Crippen LogP contribution in [-0.2, 0) is 0 Å². The highest BCUT2D eigenvalue weighted by Gasteiger charge is 2.27. The van der Waals surface area contributed by atoms with E-state index in [1.54, 1.807) is 0 Å². The van der Waals surface area contributed by atoms with Gasteiger partial charge in [0.25, 0.3) is 0 Å².